The van der Waals surface area contributed by atoms with Gasteiger partial charge in [0.1, 0.15) is 11.3 Å². The second kappa shape index (κ2) is 4.81. The molecule has 0 amide bonds. The fraction of sp³-hybridized carbons (Fsp3) is 0.235. The van der Waals surface area contributed by atoms with Crippen LogP contribution in [0.4, 0.5) is 0 Å². The maximum absolute atomic E-state index is 11.8. The molecule has 1 aromatic heterocycles. The summed E-state index contributed by atoms with van der Waals surface area (Å²) < 4.78 is 6.86. The van der Waals surface area contributed by atoms with Crippen LogP contribution in [0.3, 0.4) is 0 Å². The Labute approximate surface area is 122 Å². The predicted molar refractivity (Wildman–Crippen MR) is 82.9 cm³/mol. The van der Waals surface area contributed by atoms with Crippen molar-refractivity contribution >= 4 is 27.8 Å². The molecule has 0 bridgehead atoms. The molecule has 3 rings (SSSR count). The highest BCUT2D eigenvalue weighted by Gasteiger charge is 2.19. The van der Waals surface area contributed by atoms with Crippen molar-refractivity contribution in [3.63, 3.8) is 0 Å². The largest absolute Gasteiger partial charge is 0.506 e. The van der Waals surface area contributed by atoms with Gasteiger partial charge < -0.3 is 14.4 Å². The second-order valence-corrected chi connectivity index (χ2v) is 5.11. The number of carbonyl (C=O) groups excluding carboxylic acids is 1. The van der Waals surface area contributed by atoms with Gasteiger partial charge in [-0.3, -0.25) is 0 Å². The van der Waals surface area contributed by atoms with Crippen molar-refractivity contribution in [2.75, 3.05) is 7.11 Å². The molecule has 1 N–H and O–H groups in total. The number of ether oxygens (including phenoxy) is 1. The minimum absolute atomic E-state index is 0.0119. The van der Waals surface area contributed by atoms with Crippen LogP contribution in [0.5, 0.6) is 5.75 Å². The van der Waals surface area contributed by atoms with E-state index in [1.54, 1.807) is 6.07 Å². The molecule has 0 saturated heterocycles. The first-order valence-electron chi connectivity index (χ1n) is 6.91. The Morgan fingerprint density at radius 1 is 1.24 bits per heavy atom. The monoisotopic (exact) mass is 283 g/mol. The highest BCUT2D eigenvalue weighted by Crippen LogP contribution is 2.37. The molecule has 3 aromatic rings. The van der Waals surface area contributed by atoms with E-state index >= 15 is 0 Å². The summed E-state index contributed by atoms with van der Waals surface area (Å²) in [5, 5.41) is 12.2. The minimum atomic E-state index is -0.528. The molecule has 21 heavy (non-hydrogen) atoms. The molecule has 0 aliphatic heterocycles. The maximum Gasteiger partial charge on any atom is 0.341 e. The molecular formula is C17H17NO3. The molecule has 0 aliphatic rings. The summed E-state index contributed by atoms with van der Waals surface area (Å²) in [5.74, 6) is -0.540. The summed E-state index contributed by atoms with van der Waals surface area (Å²) in [6, 6.07) is 9.60. The van der Waals surface area contributed by atoms with Crippen LogP contribution in [-0.2, 0) is 11.3 Å². The summed E-state index contributed by atoms with van der Waals surface area (Å²) >= 11 is 0. The molecule has 0 aliphatic carbocycles. The molecule has 0 spiro atoms. The van der Waals surface area contributed by atoms with Gasteiger partial charge in [0.15, 0.2) is 0 Å². The Balaban J connectivity index is 2.50. The fourth-order valence-electron chi connectivity index (χ4n) is 2.90. The van der Waals surface area contributed by atoms with Gasteiger partial charge in [0, 0.05) is 17.4 Å². The first kappa shape index (κ1) is 13.5. The Morgan fingerprint density at radius 3 is 2.62 bits per heavy atom. The Kier molecular flexibility index (Phi) is 3.09. The lowest BCUT2D eigenvalue weighted by Gasteiger charge is -2.06. The van der Waals surface area contributed by atoms with E-state index in [0.29, 0.717) is 5.39 Å². The number of aromatic nitrogens is 1. The second-order valence-electron chi connectivity index (χ2n) is 5.11. The first-order valence-corrected chi connectivity index (χ1v) is 6.91. The van der Waals surface area contributed by atoms with Crippen molar-refractivity contribution in [1.82, 2.24) is 4.57 Å². The van der Waals surface area contributed by atoms with Crippen LogP contribution >= 0.6 is 0 Å². The van der Waals surface area contributed by atoms with E-state index in [1.807, 2.05) is 31.2 Å². The average molecular weight is 283 g/mol. The summed E-state index contributed by atoms with van der Waals surface area (Å²) in [6.45, 7) is 4.86. The molecular weight excluding hydrogens is 266 g/mol. The zero-order valence-corrected chi connectivity index (χ0v) is 12.3. The van der Waals surface area contributed by atoms with Gasteiger partial charge in [-0.15, -0.1) is 0 Å². The number of fused-ring (bicyclic) bond motifs is 3. The lowest BCUT2D eigenvalue weighted by Crippen LogP contribution is -2.01. The summed E-state index contributed by atoms with van der Waals surface area (Å²) in [4.78, 5) is 11.8. The number of phenolic OH excluding ortho intramolecular Hbond substituents is 1. The Hall–Kier alpha value is -2.49. The quantitative estimate of drug-likeness (QED) is 0.731. The smallest absolute Gasteiger partial charge is 0.341 e. The summed E-state index contributed by atoms with van der Waals surface area (Å²) in [6.07, 6.45) is 0. The number of phenols is 1. The number of methoxy groups -OCH3 is 1. The lowest BCUT2D eigenvalue weighted by atomic mass is 10.1. The van der Waals surface area contributed by atoms with E-state index in [2.05, 4.69) is 11.5 Å². The molecule has 0 unspecified atom stereocenters. The van der Waals surface area contributed by atoms with E-state index in [4.69, 9.17) is 4.74 Å². The van der Waals surface area contributed by atoms with E-state index in [9.17, 15) is 9.90 Å². The van der Waals surface area contributed by atoms with Crippen molar-refractivity contribution in [2.45, 2.75) is 20.4 Å². The fourth-order valence-corrected chi connectivity index (χ4v) is 2.90. The number of hydrogen-bond donors (Lipinski definition) is 1. The zero-order valence-electron chi connectivity index (χ0n) is 12.3. The topological polar surface area (TPSA) is 51.5 Å². The van der Waals surface area contributed by atoms with Gasteiger partial charge in [-0.2, -0.15) is 0 Å². The van der Waals surface area contributed by atoms with Gasteiger partial charge >= 0.3 is 5.97 Å². The highest BCUT2D eigenvalue weighted by atomic mass is 16.5. The third kappa shape index (κ3) is 1.87. The van der Waals surface area contributed by atoms with Crippen LogP contribution in [0.25, 0.3) is 21.8 Å². The van der Waals surface area contributed by atoms with Gasteiger partial charge in [-0.05, 0) is 38.1 Å². The molecule has 0 radical (unpaired) electrons. The standard InChI is InChI=1S/C17H17NO3/c1-4-18-13-7-5-10(2)9-12(13)15-14(18)8-6-11(16(15)19)17(20)21-3/h5-9,19H,4H2,1-3H3. The van der Waals surface area contributed by atoms with Crippen LogP contribution in [0, 0.1) is 6.92 Å². The van der Waals surface area contributed by atoms with Gasteiger partial charge in [0.2, 0.25) is 0 Å². The van der Waals surface area contributed by atoms with Crippen molar-refractivity contribution in [3.05, 3.63) is 41.5 Å². The van der Waals surface area contributed by atoms with Crippen LogP contribution < -0.4 is 0 Å². The van der Waals surface area contributed by atoms with Gasteiger partial charge in [0.05, 0.1) is 18.0 Å². The van der Waals surface area contributed by atoms with Crippen LogP contribution in [0.2, 0.25) is 0 Å². The zero-order chi connectivity index (χ0) is 15.1. The Morgan fingerprint density at radius 2 is 1.95 bits per heavy atom. The molecule has 4 nitrogen and oxygen atoms in total. The summed E-state index contributed by atoms with van der Waals surface area (Å²) in [7, 11) is 1.31. The normalized spacial score (nSPS) is 11.2. The minimum Gasteiger partial charge on any atom is -0.506 e. The van der Waals surface area contributed by atoms with E-state index in [0.717, 1.165) is 28.5 Å². The number of rotatable bonds is 2. The number of hydrogen-bond acceptors (Lipinski definition) is 3. The number of carbonyl (C=O) groups is 1. The molecule has 2 aromatic carbocycles. The third-order valence-electron chi connectivity index (χ3n) is 3.88. The van der Waals surface area contributed by atoms with Crippen molar-refractivity contribution in [1.29, 1.82) is 0 Å². The van der Waals surface area contributed by atoms with Crippen molar-refractivity contribution < 1.29 is 14.6 Å². The molecule has 1 heterocycles. The lowest BCUT2D eigenvalue weighted by molar-refractivity contribution is 0.0598. The van der Waals surface area contributed by atoms with Crippen LogP contribution in [-0.4, -0.2) is 22.8 Å². The Bertz CT molecular complexity index is 861. The first-order chi connectivity index (χ1) is 10.1. The van der Waals surface area contributed by atoms with Gasteiger partial charge in [-0.1, -0.05) is 11.6 Å². The SMILES string of the molecule is CCn1c2ccc(C)cc2c2c(O)c(C(=O)OC)ccc21. The summed E-state index contributed by atoms with van der Waals surface area (Å²) in [5.41, 5.74) is 3.28. The van der Waals surface area contributed by atoms with Crippen LogP contribution in [0.1, 0.15) is 22.8 Å². The molecule has 0 fully saturated rings. The van der Waals surface area contributed by atoms with Gasteiger partial charge in [0.25, 0.3) is 0 Å². The van der Waals surface area contributed by atoms with E-state index < -0.39 is 5.97 Å². The number of aryl methyl sites for hydroxylation is 2. The number of benzene rings is 2. The predicted octanol–water partition coefficient (Wildman–Crippen LogP) is 3.62. The van der Waals surface area contributed by atoms with E-state index in [-0.39, 0.29) is 11.3 Å². The van der Waals surface area contributed by atoms with E-state index in [1.165, 1.54) is 7.11 Å². The molecule has 0 saturated carbocycles. The third-order valence-corrected chi connectivity index (χ3v) is 3.88. The van der Waals surface area contributed by atoms with Crippen molar-refractivity contribution in [3.8, 4) is 5.75 Å². The highest BCUT2D eigenvalue weighted by molar-refractivity contribution is 6.14. The number of aromatic hydroxyl groups is 1. The van der Waals surface area contributed by atoms with Crippen molar-refractivity contribution in [2.24, 2.45) is 0 Å². The molecule has 108 valence electrons. The molecule has 0 atom stereocenters. The number of nitrogens with zero attached hydrogens (tertiary/aromatic N) is 1. The average Bonchev–Trinajstić information content (AvgIpc) is 2.80. The number of esters is 1. The molecule has 4 heteroatoms. The van der Waals surface area contributed by atoms with Gasteiger partial charge in [-0.25, -0.2) is 4.79 Å². The van der Waals surface area contributed by atoms with Crippen LogP contribution in [0.15, 0.2) is 30.3 Å². The maximum atomic E-state index is 11.8.